The van der Waals surface area contributed by atoms with E-state index >= 15 is 0 Å². The maximum absolute atomic E-state index is 12.2. The monoisotopic (exact) mass is 376 g/mol. The van der Waals surface area contributed by atoms with Gasteiger partial charge in [0.2, 0.25) is 0 Å². The van der Waals surface area contributed by atoms with Gasteiger partial charge >= 0.3 is 6.18 Å². The van der Waals surface area contributed by atoms with Crippen molar-refractivity contribution in [2.24, 2.45) is 0 Å². The number of aliphatic hydroxyl groups is 2. The molecule has 0 saturated carbocycles. The number of aliphatic hydroxyl groups excluding tert-OH is 2. The van der Waals surface area contributed by atoms with Crippen molar-refractivity contribution in [3.05, 3.63) is 28.8 Å². The van der Waals surface area contributed by atoms with Gasteiger partial charge in [0.1, 0.15) is 23.8 Å². The zero-order valence-corrected chi connectivity index (χ0v) is 13.6. The number of aromatic nitrogens is 1. The predicted molar refractivity (Wildman–Crippen MR) is 83.3 cm³/mol. The third-order valence-corrected chi connectivity index (χ3v) is 4.92. The van der Waals surface area contributed by atoms with E-state index < -0.39 is 36.9 Å². The number of ether oxygens (including phenoxy) is 1. The SMILES string of the molecule is O=C(NCC(F)(F)F)c1ccc2sc([C@H]3C[C@H](O)[C@@H](CO)O3)nc2c1. The summed E-state index contributed by atoms with van der Waals surface area (Å²) in [6.07, 6.45) is -6.10. The molecular weight excluding hydrogens is 361 g/mol. The smallest absolute Gasteiger partial charge is 0.394 e. The number of benzene rings is 1. The van der Waals surface area contributed by atoms with Gasteiger partial charge in [0, 0.05) is 12.0 Å². The van der Waals surface area contributed by atoms with Gasteiger partial charge in [0.05, 0.1) is 22.9 Å². The topological polar surface area (TPSA) is 91.7 Å². The number of hydrogen-bond donors (Lipinski definition) is 3. The minimum absolute atomic E-state index is 0.0780. The van der Waals surface area contributed by atoms with Crippen molar-refractivity contribution >= 4 is 27.5 Å². The number of rotatable bonds is 4. The first kappa shape index (κ1) is 18.1. The van der Waals surface area contributed by atoms with Gasteiger partial charge < -0.3 is 20.3 Å². The summed E-state index contributed by atoms with van der Waals surface area (Å²) in [5.74, 6) is -0.832. The molecule has 2 heterocycles. The van der Waals surface area contributed by atoms with Crippen molar-refractivity contribution in [1.29, 1.82) is 0 Å². The van der Waals surface area contributed by atoms with Crippen molar-refractivity contribution < 1.29 is 32.9 Å². The lowest BCUT2D eigenvalue weighted by molar-refractivity contribution is -0.123. The molecular formula is C15H15F3N2O4S. The second-order valence-electron chi connectivity index (χ2n) is 5.68. The second-order valence-corrected chi connectivity index (χ2v) is 6.74. The number of nitrogens with zero attached hydrogens (tertiary/aromatic N) is 1. The fourth-order valence-electron chi connectivity index (χ4n) is 2.56. The van der Waals surface area contributed by atoms with E-state index in [0.29, 0.717) is 16.9 Å². The Morgan fingerprint density at radius 1 is 1.44 bits per heavy atom. The van der Waals surface area contributed by atoms with Crippen LogP contribution < -0.4 is 5.32 Å². The van der Waals surface area contributed by atoms with E-state index in [1.807, 2.05) is 5.32 Å². The summed E-state index contributed by atoms with van der Waals surface area (Å²) < 4.78 is 42.8. The highest BCUT2D eigenvalue weighted by molar-refractivity contribution is 7.18. The lowest BCUT2D eigenvalue weighted by Crippen LogP contribution is -2.33. The molecule has 1 aliphatic rings. The Labute approximate surface area is 144 Å². The largest absolute Gasteiger partial charge is 0.405 e. The van der Waals surface area contributed by atoms with E-state index in [1.165, 1.54) is 23.5 Å². The number of thiazole rings is 1. The van der Waals surface area contributed by atoms with Gasteiger partial charge in [-0.3, -0.25) is 4.79 Å². The van der Waals surface area contributed by atoms with Crippen LogP contribution in [0.15, 0.2) is 18.2 Å². The van der Waals surface area contributed by atoms with Crippen LogP contribution in [-0.4, -0.2) is 52.6 Å². The molecule has 3 atom stereocenters. The molecule has 0 unspecified atom stereocenters. The summed E-state index contributed by atoms with van der Waals surface area (Å²) in [6.45, 7) is -1.70. The summed E-state index contributed by atoms with van der Waals surface area (Å²) in [5.41, 5.74) is 0.541. The molecule has 3 N–H and O–H groups in total. The van der Waals surface area contributed by atoms with Crippen LogP contribution in [0.1, 0.15) is 27.9 Å². The maximum Gasteiger partial charge on any atom is 0.405 e. The van der Waals surface area contributed by atoms with Crippen molar-refractivity contribution in [2.45, 2.75) is 30.9 Å². The number of carbonyl (C=O) groups is 1. The molecule has 1 aromatic carbocycles. The fourth-order valence-corrected chi connectivity index (χ4v) is 3.56. The summed E-state index contributed by atoms with van der Waals surface area (Å²) in [5, 5.41) is 21.3. The van der Waals surface area contributed by atoms with E-state index in [0.717, 1.165) is 4.70 Å². The molecule has 6 nitrogen and oxygen atoms in total. The van der Waals surface area contributed by atoms with Gasteiger partial charge in [0.25, 0.3) is 5.91 Å². The first-order valence-electron chi connectivity index (χ1n) is 7.46. The summed E-state index contributed by atoms with van der Waals surface area (Å²) in [4.78, 5) is 16.2. The van der Waals surface area contributed by atoms with Crippen LogP contribution in [-0.2, 0) is 4.74 Å². The molecule has 1 aliphatic heterocycles. The molecule has 0 radical (unpaired) electrons. The van der Waals surface area contributed by atoms with Crippen LogP contribution in [0.4, 0.5) is 13.2 Å². The normalized spacial score (nSPS) is 24.0. The molecule has 1 saturated heterocycles. The highest BCUT2D eigenvalue weighted by Crippen LogP contribution is 2.37. The van der Waals surface area contributed by atoms with Crippen molar-refractivity contribution in [3.8, 4) is 0 Å². The Hall–Kier alpha value is -1.75. The Balaban J connectivity index is 1.77. The summed E-state index contributed by atoms with van der Waals surface area (Å²) >= 11 is 1.31. The van der Waals surface area contributed by atoms with Crippen LogP contribution in [0.2, 0.25) is 0 Å². The number of amides is 1. The third-order valence-electron chi connectivity index (χ3n) is 3.79. The van der Waals surface area contributed by atoms with Gasteiger partial charge in [-0.05, 0) is 18.2 Å². The Morgan fingerprint density at radius 2 is 2.20 bits per heavy atom. The number of halogens is 3. The third kappa shape index (κ3) is 4.09. The van der Waals surface area contributed by atoms with Gasteiger partial charge in [-0.15, -0.1) is 11.3 Å². The van der Waals surface area contributed by atoms with Crippen LogP contribution in [0.25, 0.3) is 10.2 Å². The Morgan fingerprint density at radius 3 is 2.84 bits per heavy atom. The summed E-state index contributed by atoms with van der Waals surface area (Å²) in [6, 6.07) is 4.45. The quantitative estimate of drug-likeness (QED) is 0.757. The second kappa shape index (κ2) is 6.87. The number of alkyl halides is 3. The first-order valence-corrected chi connectivity index (χ1v) is 8.28. The molecule has 0 bridgehead atoms. The number of hydrogen-bond acceptors (Lipinski definition) is 6. The Kier molecular flexibility index (Phi) is 4.96. The molecule has 1 amide bonds. The average Bonchev–Trinajstić information content (AvgIpc) is 3.14. The average molecular weight is 376 g/mol. The van der Waals surface area contributed by atoms with Gasteiger partial charge in [0.15, 0.2) is 0 Å². The number of carbonyl (C=O) groups excluding carboxylic acids is 1. The number of nitrogens with one attached hydrogen (secondary N) is 1. The van der Waals surface area contributed by atoms with Crippen LogP contribution in [0.5, 0.6) is 0 Å². The van der Waals surface area contributed by atoms with Crippen LogP contribution in [0.3, 0.4) is 0 Å². The predicted octanol–water partition coefficient (Wildman–Crippen LogP) is 1.77. The fraction of sp³-hybridized carbons (Fsp3) is 0.467. The highest BCUT2D eigenvalue weighted by Gasteiger charge is 2.36. The molecule has 136 valence electrons. The molecule has 25 heavy (non-hydrogen) atoms. The van der Waals surface area contributed by atoms with E-state index in [4.69, 9.17) is 9.84 Å². The van der Waals surface area contributed by atoms with E-state index in [1.54, 1.807) is 6.07 Å². The molecule has 2 aromatic rings. The first-order chi connectivity index (χ1) is 11.8. The molecule has 3 rings (SSSR count). The molecule has 0 spiro atoms. The van der Waals surface area contributed by atoms with Crippen molar-refractivity contribution in [1.82, 2.24) is 10.3 Å². The van der Waals surface area contributed by atoms with E-state index in [9.17, 15) is 23.1 Å². The minimum Gasteiger partial charge on any atom is -0.394 e. The Bertz CT molecular complexity index is 780. The van der Waals surface area contributed by atoms with Crippen molar-refractivity contribution in [3.63, 3.8) is 0 Å². The minimum atomic E-state index is -4.47. The van der Waals surface area contributed by atoms with Gasteiger partial charge in [-0.1, -0.05) is 0 Å². The lowest BCUT2D eigenvalue weighted by Gasteiger charge is -2.09. The number of fused-ring (bicyclic) bond motifs is 1. The lowest BCUT2D eigenvalue weighted by atomic mass is 10.1. The molecule has 10 heteroatoms. The van der Waals surface area contributed by atoms with Gasteiger partial charge in [-0.25, -0.2) is 4.98 Å². The van der Waals surface area contributed by atoms with Gasteiger partial charge in [-0.2, -0.15) is 13.2 Å². The highest BCUT2D eigenvalue weighted by atomic mass is 32.1. The zero-order valence-electron chi connectivity index (χ0n) is 12.8. The standard InChI is InChI=1S/C15H15F3N2O4S/c16-15(17,18)6-19-13(23)7-1-2-12-8(3-7)20-14(25-12)10-4-9(22)11(5-21)24-10/h1-3,9-11,21-22H,4-6H2,(H,19,23)/t9-,10+,11+/m0/s1. The van der Waals surface area contributed by atoms with Crippen LogP contribution >= 0.6 is 11.3 Å². The molecule has 0 aliphatic carbocycles. The molecule has 1 aromatic heterocycles. The zero-order chi connectivity index (χ0) is 18.2. The maximum atomic E-state index is 12.2. The summed E-state index contributed by atoms with van der Waals surface area (Å²) in [7, 11) is 0. The molecule has 1 fully saturated rings. The van der Waals surface area contributed by atoms with Crippen molar-refractivity contribution in [2.75, 3.05) is 13.2 Å². The van der Waals surface area contributed by atoms with Crippen LogP contribution in [0, 0.1) is 0 Å². The van der Waals surface area contributed by atoms with E-state index in [-0.39, 0.29) is 12.2 Å². The van der Waals surface area contributed by atoms with E-state index in [2.05, 4.69) is 4.98 Å².